The van der Waals surface area contributed by atoms with E-state index in [1.54, 1.807) is 0 Å². The van der Waals surface area contributed by atoms with Gasteiger partial charge in [0.25, 0.3) is 0 Å². The molecule has 17 nitrogen and oxygen atoms in total. The summed E-state index contributed by atoms with van der Waals surface area (Å²) < 4.78 is 68.3. The van der Waals surface area contributed by atoms with Crippen LogP contribution in [0.2, 0.25) is 0 Å². The summed E-state index contributed by atoms with van der Waals surface area (Å²) in [5, 5.41) is 10.6. The Bertz CT molecular complexity index is 1800. The van der Waals surface area contributed by atoms with Crippen molar-refractivity contribution < 1.29 is 80.2 Å². The Labute approximate surface area is 556 Å². The lowest BCUT2D eigenvalue weighted by atomic mass is 10.0. The lowest BCUT2D eigenvalue weighted by Gasteiger charge is -2.21. The summed E-state index contributed by atoms with van der Waals surface area (Å²) in [5.41, 5.74) is 0. The third-order valence-electron chi connectivity index (χ3n) is 16.6. The minimum Gasteiger partial charge on any atom is -0.462 e. The van der Waals surface area contributed by atoms with Gasteiger partial charge < -0.3 is 33.8 Å². The molecule has 0 rings (SSSR count). The Morgan fingerprint density at radius 2 is 0.462 bits per heavy atom. The highest BCUT2D eigenvalue weighted by molar-refractivity contribution is 7.47. The van der Waals surface area contributed by atoms with E-state index in [1.165, 1.54) is 154 Å². The predicted octanol–water partition coefficient (Wildman–Crippen LogP) is 20.5. The van der Waals surface area contributed by atoms with Crippen LogP contribution < -0.4 is 0 Å². The normalized spacial score (nSPS) is 14.2. The molecule has 540 valence electrons. The second-order valence-electron chi connectivity index (χ2n) is 27.9. The van der Waals surface area contributed by atoms with Gasteiger partial charge in [0.05, 0.1) is 26.4 Å². The number of aliphatic hydroxyl groups is 1. The number of hydrogen-bond donors (Lipinski definition) is 3. The van der Waals surface area contributed by atoms with Crippen molar-refractivity contribution in [2.45, 2.75) is 375 Å². The van der Waals surface area contributed by atoms with Crippen molar-refractivity contribution in [3.63, 3.8) is 0 Å². The fraction of sp³-hybridized carbons (Fsp3) is 0.944. The summed E-state index contributed by atoms with van der Waals surface area (Å²) >= 11 is 0. The average Bonchev–Trinajstić information content (AvgIpc) is 3.08. The number of phosphoric acid groups is 2. The highest BCUT2D eigenvalue weighted by atomic mass is 31.2. The molecule has 0 saturated heterocycles. The Kier molecular flexibility index (Phi) is 60.3. The van der Waals surface area contributed by atoms with Crippen molar-refractivity contribution in [3.8, 4) is 0 Å². The molecule has 19 heteroatoms. The van der Waals surface area contributed by atoms with Crippen molar-refractivity contribution >= 4 is 39.5 Å². The first-order valence-corrected chi connectivity index (χ1v) is 40.2. The fourth-order valence-corrected chi connectivity index (χ4v) is 12.4. The second-order valence-corrected chi connectivity index (χ2v) is 30.8. The molecule has 0 fully saturated rings. The summed E-state index contributed by atoms with van der Waals surface area (Å²) in [7, 11) is -9.90. The molecule has 0 spiro atoms. The summed E-state index contributed by atoms with van der Waals surface area (Å²) in [6.45, 7) is 14.0. The van der Waals surface area contributed by atoms with Crippen LogP contribution >= 0.6 is 15.6 Å². The first-order valence-electron chi connectivity index (χ1n) is 37.2. The maximum Gasteiger partial charge on any atom is 0.472 e. The van der Waals surface area contributed by atoms with Gasteiger partial charge in [0.15, 0.2) is 12.2 Å². The molecule has 0 radical (unpaired) electrons. The van der Waals surface area contributed by atoms with Gasteiger partial charge in [-0.05, 0) is 49.4 Å². The van der Waals surface area contributed by atoms with Crippen molar-refractivity contribution in [3.05, 3.63) is 0 Å². The molecule has 3 N–H and O–H groups in total. The average molecular weight is 1340 g/mol. The van der Waals surface area contributed by atoms with Crippen molar-refractivity contribution in [1.29, 1.82) is 0 Å². The number of esters is 4. The van der Waals surface area contributed by atoms with Crippen LogP contribution in [-0.4, -0.2) is 96.7 Å². The van der Waals surface area contributed by atoms with E-state index < -0.39 is 97.5 Å². The van der Waals surface area contributed by atoms with Gasteiger partial charge in [-0.25, -0.2) is 9.13 Å². The van der Waals surface area contributed by atoms with Gasteiger partial charge in [0.2, 0.25) is 0 Å². The van der Waals surface area contributed by atoms with Crippen LogP contribution in [0.4, 0.5) is 0 Å². The van der Waals surface area contributed by atoms with Crippen LogP contribution in [0, 0.1) is 23.7 Å². The number of carbonyl (C=O) groups excluding carboxylic acids is 4. The minimum atomic E-state index is -4.95. The minimum absolute atomic E-state index is 0.103. The second kappa shape index (κ2) is 61.6. The molecule has 0 aromatic carbocycles. The van der Waals surface area contributed by atoms with Crippen molar-refractivity contribution in [2.24, 2.45) is 23.7 Å². The van der Waals surface area contributed by atoms with E-state index in [0.717, 1.165) is 108 Å². The third-order valence-corrected chi connectivity index (χ3v) is 18.5. The molecule has 0 saturated carbocycles. The van der Waals surface area contributed by atoms with E-state index in [2.05, 4.69) is 55.4 Å². The number of hydrogen-bond acceptors (Lipinski definition) is 15. The van der Waals surface area contributed by atoms with Gasteiger partial charge in [-0.15, -0.1) is 0 Å². The zero-order chi connectivity index (χ0) is 67.5. The molecular weight excluding hydrogens is 1200 g/mol. The molecule has 0 aliphatic carbocycles. The Morgan fingerprint density at radius 3 is 0.681 bits per heavy atom. The van der Waals surface area contributed by atoms with Gasteiger partial charge >= 0.3 is 39.5 Å². The van der Waals surface area contributed by atoms with Crippen LogP contribution in [-0.2, 0) is 65.4 Å². The summed E-state index contributed by atoms with van der Waals surface area (Å²) in [6, 6.07) is 0. The molecule has 0 aromatic rings. The Balaban J connectivity index is 5.18. The topological polar surface area (TPSA) is 237 Å². The van der Waals surface area contributed by atoms with E-state index in [-0.39, 0.29) is 25.7 Å². The highest BCUT2D eigenvalue weighted by Crippen LogP contribution is 2.45. The molecule has 3 unspecified atom stereocenters. The molecular formula is C72H140O17P2. The molecule has 0 bridgehead atoms. The molecule has 91 heavy (non-hydrogen) atoms. The lowest BCUT2D eigenvalue weighted by Crippen LogP contribution is -2.30. The molecule has 0 aromatic heterocycles. The Morgan fingerprint density at radius 1 is 0.275 bits per heavy atom. The summed E-state index contributed by atoms with van der Waals surface area (Å²) in [4.78, 5) is 72.5. The SMILES string of the molecule is CC(C)CCCCCCCCCCCCCCCCCCC(=O)O[C@H](COC(=O)CCCCCCCCC(C)C)COP(=O)(O)OCC(O)COP(=O)(O)OC[C@@H](COC(=O)CCCCCCCCCCCCC(C)C)OC(=O)CCCCCCCCCC(C)C. The van der Waals surface area contributed by atoms with Crippen LogP contribution in [0.5, 0.6) is 0 Å². The number of unbranched alkanes of at least 4 members (excludes halogenated alkanes) is 35. The van der Waals surface area contributed by atoms with E-state index in [9.17, 15) is 43.2 Å². The number of carbonyl (C=O) groups is 4. The zero-order valence-electron chi connectivity index (χ0n) is 59.5. The van der Waals surface area contributed by atoms with Crippen LogP contribution in [0.15, 0.2) is 0 Å². The van der Waals surface area contributed by atoms with E-state index >= 15 is 0 Å². The smallest absolute Gasteiger partial charge is 0.462 e. The standard InChI is InChI=1S/C72H140O17P2/c1-62(2)48-40-32-24-19-15-13-11-9-10-12-14-16-22-28-38-46-54-71(76)88-68(59-83-70(75)53-45-37-31-30-35-43-51-65(7)8)61-87-91(80,81)85-57-66(73)56-84-90(78,79)86-60-67(89-72(77)55-47-39-29-23-26-34-42-50-64(5)6)58-82-69(74)52-44-36-27-21-18-17-20-25-33-41-49-63(3)4/h62-68,73H,9-61H2,1-8H3,(H,78,79)(H,80,81)/t66?,67-,68-/m1/s1. The summed E-state index contributed by atoms with van der Waals surface area (Å²) in [5.74, 6) is 0.812. The molecule has 0 amide bonds. The quantitative estimate of drug-likeness (QED) is 0.0222. The number of ether oxygens (including phenoxy) is 4. The first-order chi connectivity index (χ1) is 43.6. The lowest BCUT2D eigenvalue weighted by molar-refractivity contribution is -0.161. The molecule has 0 aliphatic rings. The van der Waals surface area contributed by atoms with Gasteiger partial charge in [-0.1, -0.05) is 306 Å². The maximum absolute atomic E-state index is 13.0. The maximum atomic E-state index is 13.0. The van der Waals surface area contributed by atoms with Crippen LogP contribution in [0.1, 0.15) is 357 Å². The van der Waals surface area contributed by atoms with Gasteiger partial charge in [-0.3, -0.25) is 37.3 Å². The van der Waals surface area contributed by atoms with E-state index in [0.29, 0.717) is 37.5 Å². The zero-order valence-corrected chi connectivity index (χ0v) is 61.3. The predicted molar refractivity (Wildman–Crippen MR) is 367 cm³/mol. The highest BCUT2D eigenvalue weighted by Gasteiger charge is 2.30. The molecule has 0 heterocycles. The third kappa shape index (κ3) is 66.5. The van der Waals surface area contributed by atoms with E-state index in [1.807, 2.05) is 0 Å². The monoisotopic (exact) mass is 1340 g/mol. The first kappa shape index (κ1) is 89.1. The van der Waals surface area contributed by atoms with Gasteiger partial charge in [0, 0.05) is 25.7 Å². The molecule has 0 aliphatic heterocycles. The largest absolute Gasteiger partial charge is 0.472 e. The number of aliphatic hydroxyl groups excluding tert-OH is 1. The number of phosphoric ester groups is 2. The fourth-order valence-electron chi connectivity index (χ4n) is 10.8. The van der Waals surface area contributed by atoms with Crippen molar-refractivity contribution in [1.82, 2.24) is 0 Å². The van der Waals surface area contributed by atoms with Crippen molar-refractivity contribution in [2.75, 3.05) is 39.6 Å². The molecule has 5 atom stereocenters. The van der Waals surface area contributed by atoms with Gasteiger partial charge in [0.1, 0.15) is 19.3 Å². The summed E-state index contributed by atoms with van der Waals surface area (Å²) in [6.07, 6.45) is 44.8. The van der Waals surface area contributed by atoms with E-state index in [4.69, 9.17) is 37.0 Å². The number of rotatable bonds is 69. The van der Waals surface area contributed by atoms with Crippen LogP contribution in [0.3, 0.4) is 0 Å². The van der Waals surface area contributed by atoms with Gasteiger partial charge in [-0.2, -0.15) is 0 Å². The van der Waals surface area contributed by atoms with Crippen LogP contribution in [0.25, 0.3) is 0 Å². The Hall–Kier alpha value is -1.94.